The molecule has 1 aromatic heterocycles. The Bertz CT molecular complexity index is 1280. The monoisotopic (exact) mass is 440 g/mol. The van der Waals surface area contributed by atoms with Crippen LogP contribution >= 0.6 is 0 Å². The number of azide groups is 1. The number of allylic oxidation sites excluding steroid dienone is 5. The van der Waals surface area contributed by atoms with E-state index >= 15 is 0 Å². The number of hydrogen-bond acceptors (Lipinski definition) is 4. The van der Waals surface area contributed by atoms with Gasteiger partial charge in [-0.2, -0.15) is 0 Å². The van der Waals surface area contributed by atoms with Crippen LogP contribution in [0.15, 0.2) is 58.8 Å². The van der Waals surface area contributed by atoms with Crippen molar-refractivity contribution >= 4 is 17.6 Å². The zero-order valence-corrected chi connectivity index (χ0v) is 18.6. The number of aryl methyl sites for hydroxylation is 3. The normalized spacial score (nSPS) is 14.1. The first-order valence-corrected chi connectivity index (χ1v) is 10.9. The fraction of sp³-hybridized carbons (Fsp3) is 0.280. The Hall–Kier alpha value is -4.03. The van der Waals surface area contributed by atoms with E-state index in [1.807, 2.05) is 32.1 Å². The predicted octanol–water partition coefficient (Wildman–Crippen LogP) is 5.42. The van der Waals surface area contributed by atoms with E-state index in [-0.39, 0.29) is 5.91 Å². The lowest BCUT2D eigenvalue weighted by atomic mass is 9.90. The largest absolute Gasteiger partial charge is 0.309 e. The number of rotatable bonds is 5. The molecule has 2 aliphatic carbocycles. The third-order valence-electron chi connectivity index (χ3n) is 5.74. The molecule has 0 radical (unpaired) electrons. The molecule has 8 heteroatoms. The summed E-state index contributed by atoms with van der Waals surface area (Å²) in [5, 5.41) is 6.13. The number of nitrogens with zero attached hydrogens (tertiary/aromatic N) is 5. The summed E-state index contributed by atoms with van der Waals surface area (Å²) in [4.78, 5) is 36.8. The van der Waals surface area contributed by atoms with Crippen LogP contribution in [-0.2, 0) is 24.1 Å². The molecular weight excluding hydrogens is 416 g/mol. The molecule has 1 heterocycles. The Labute approximate surface area is 191 Å². The maximum Gasteiger partial charge on any atom is 0.249 e. The summed E-state index contributed by atoms with van der Waals surface area (Å²) in [5.74, 6) is -0.199. The van der Waals surface area contributed by atoms with Gasteiger partial charge in [-0.05, 0) is 54.9 Å². The highest BCUT2D eigenvalue weighted by Gasteiger charge is 2.23. The third kappa shape index (κ3) is 4.91. The minimum atomic E-state index is -0.602. The minimum Gasteiger partial charge on any atom is -0.309 e. The summed E-state index contributed by atoms with van der Waals surface area (Å²) >= 11 is 0. The zero-order chi connectivity index (χ0) is 23.4. The van der Waals surface area contributed by atoms with Crippen LogP contribution in [0.3, 0.4) is 0 Å². The molecule has 166 valence electrons. The molecule has 0 unspecified atom stereocenters. The lowest BCUT2D eigenvalue weighted by Gasteiger charge is -2.21. The van der Waals surface area contributed by atoms with Gasteiger partial charge in [0.1, 0.15) is 0 Å². The van der Waals surface area contributed by atoms with Crippen molar-refractivity contribution in [2.45, 2.75) is 46.0 Å². The smallest absolute Gasteiger partial charge is 0.249 e. The van der Waals surface area contributed by atoms with Gasteiger partial charge in [0, 0.05) is 22.5 Å². The minimum absolute atomic E-state index is 0.107. The van der Waals surface area contributed by atoms with Gasteiger partial charge in [0.15, 0.2) is 5.82 Å². The van der Waals surface area contributed by atoms with Crippen LogP contribution in [0, 0.1) is 0 Å². The molecule has 0 atom stereocenters. The second kappa shape index (κ2) is 9.63. The summed E-state index contributed by atoms with van der Waals surface area (Å²) < 4.78 is 0. The van der Waals surface area contributed by atoms with Crippen molar-refractivity contribution < 1.29 is 9.59 Å². The number of carbonyl (C=O) groups is 2. The average molecular weight is 441 g/mol. The summed E-state index contributed by atoms with van der Waals surface area (Å²) in [7, 11) is 0. The number of carbonyl (C=O) groups excluding carboxylic acids is 2. The second-order valence-electron chi connectivity index (χ2n) is 8.10. The van der Waals surface area contributed by atoms with E-state index in [2.05, 4.69) is 27.5 Å². The van der Waals surface area contributed by atoms with Crippen molar-refractivity contribution in [3.8, 4) is 11.3 Å². The lowest BCUT2D eigenvalue weighted by Crippen LogP contribution is -2.18. The van der Waals surface area contributed by atoms with Gasteiger partial charge >= 0.3 is 0 Å². The highest BCUT2D eigenvalue weighted by molar-refractivity contribution is 5.96. The number of benzene rings is 1. The van der Waals surface area contributed by atoms with E-state index in [4.69, 9.17) is 15.5 Å². The second-order valence-corrected chi connectivity index (χ2v) is 8.10. The maximum absolute atomic E-state index is 12.7. The SMILES string of the molecule is CCc1nc2c(nc1NC(=O)CC1=CC=C(C)C=CC1)CCc1cc(C(=O)N=[N+]=[N-])ccc1-2. The van der Waals surface area contributed by atoms with Crippen LogP contribution in [0.2, 0.25) is 0 Å². The summed E-state index contributed by atoms with van der Waals surface area (Å²) in [6.07, 6.45) is 11.1. The molecule has 2 aliphatic rings. The maximum atomic E-state index is 12.7. The molecule has 2 aromatic rings. The van der Waals surface area contributed by atoms with Gasteiger partial charge in [0.25, 0.3) is 0 Å². The van der Waals surface area contributed by atoms with E-state index in [1.165, 1.54) is 0 Å². The Morgan fingerprint density at radius 3 is 2.85 bits per heavy atom. The standard InChI is InChI=1S/C25H24N6O2/c1-3-20-24(29-22(32)13-16-6-4-5-15(2)7-8-16)28-21-12-10-17-14-18(25(33)30-31-26)9-11-19(17)23(21)27-20/h4-5,7-9,11,14H,3,6,10,12-13H2,1-2H3,(H,28,29,32). The van der Waals surface area contributed by atoms with Crippen LogP contribution in [-0.4, -0.2) is 21.8 Å². The number of hydrogen-bond donors (Lipinski definition) is 1. The highest BCUT2D eigenvalue weighted by atomic mass is 16.2. The first-order valence-electron chi connectivity index (χ1n) is 10.9. The van der Waals surface area contributed by atoms with Crippen molar-refractivity contribution in [1.29, 1.82) is 0 Å². The van der Waals surface area contributed by atoms with Crippen LogP contribution in [0.4, 0.5) is 5.82 Å². The Balaban J connectivity index is 1.59. The fourth-order valence-corrected chi connectivity index (χ4v) is 4.04. The van der Waals surface area contributed by atoms with Crippen LogP contribution in [0.25, 0.3) is 21.7 Å². The summed E-state index contributed by atoms with van der Waals surface area (Å²) in [6.45, 7) is 4.01. The van der Waals surface area contributed by atoms with Crippen LogP contribution < -0.4 is 5.32 Å². The summed E-state index contributed by atoms with van der Waals surface area (Å²) in [6, 6.07) is 5.21. The Kier molecular flexibility index (Phi) is 6.47. The van der Waals surface area contributed by atoms with Crippen molar-refractivity contribution in [1.82, 2.24) is 9.97 Å². The molecule has 0 bridgehead atoms. The first kappa shape index (κ1) is 22.2. The molecule has 8 nitrogen and oxygen atoms in total. The molecular formula is C25H24N6O2. The van der Waals surface area contributed by atoms with Gasteiger partial charge in [-0.1, -0.05) is 54.5 Å². The number of aromatic nitrogens is 2. The molecule has 2 amide bonds. The number of anilines is 1. The predicted molar refractivity (Wildman–Crippen MR) is 127 cm³/mol. The molecule has 0 fully saturated rings. The van der Waals surface area contributed by atoms with E-state index in [0.29, 0.717) is 37.1 Å². The van der Waals surface area contributed by atoms with E-state index in [0.717, 1.165) is 45.8 Å². The molecule has 0 spiro atoms. The van der Waals surface area contributed by atoms with Crippen molar-refractivity contribution in [2.24, 2.45) is 5.11 Å². The zero-order valence-electron chi connectivity index (χ0n) is 18.6. The average Bonchev–Trinajstić information content (AvgIpc) is 3.02. The van der Waals surface area contributed by atoms with Crippen molar-refractivity contribution in [3.63, 3.8) is 0 Å². The molecule has 0 saturated carbocycles. The fourth-order valence-electron chi connectivity index (χ4n) is 4.04. The quantitative estimate of drug-likeness (QED) is 0.379. The van der Waals surface area contributed by atoms with Gasteiger partial charge in [-0.25, -0.2) is 9.97 Å². The van der Waals surface area contributed by atoms with Crippen LogP contribution in [0.5, 0.6) is 0 Å². The van der Waals surface area contributed by atoms with Gasteiger partial charge in [-0.15, -0.1) is 0 Å². The molecule has 4 rings (SSSR count). The van der Waals surface area contributed by atoms with Crippen LogP contribution in [0.1, 0.15) is 54.0 Å². The molecule has 1 aromatic carbocycles. The molecule has 1 N–H and O–H groups in total. The topological polar surface area (TPSA) is 121 Å². The van der Waals surface area contributed by atoms with E-state index in [9.17, 15) is 9.59 Å². The number of fused-ring (bicyclic) bond motifs is 3. The van der Waals surface area contributed by atoms with E-state index in [1.54, 1.807) is 12.1 Å². The molecule has 33 heavy (non-hydrogen) atoms. The number of amides is 2. The Morgan fingerprint density at radius 2 is 2.06 bits per heavy atom. The van der Waals surface area contributed by atoms with Crippen molar-refractivity contribution in [3.05, 3.63) is 86.6 Å². The first-order chi connectivity index (χ1) is 16.0. The molecule has 0 saturated heterocycles. The van der Waals surface area contributed by atoms with Crippen molar-refractivity contribution in [2.75, 3.05) is 5.32 Å². The lowest BCUT2D eigenvalue weighted by molar-refractivity contribution is -0.115. The summed E-state index contributed by atoms with van der Waals surface area (Å²) in [5.41, 5.74) is 15.3. The highest BCUT2D eigenvalue weighted by Crippen LogP contribution is 2.33. The molecule has 0 aliphatic heterocycles. The third-order valence-corrected chi connectivity index (χ3v) is 5.74. The van der Waals surface area contributed by atoms with E-state index < -0.39 is 5.91 Å². The van der Waals surface area contributed by atoms with Gasteiger partial charge in [0.05, 0.1) is 17.1 Å². The number of nitrogens with one attached hydrogen (secondary N) is 1. The van der Waals surface area contributed by atoms with Gasteiger partial charge < -0.3 is 5.32 Å². The van der Waals surface area contributed by atoms with Gasteiger partial charge in [0.2, 0.25) is 11.8 Å². The van der Waals surface area contributed by atoms with Gasteiger partial charge in [-0.3, -0.25) is 9.59 Å². The Morgan fingerprint density at radius 1 is 1.21 bits per heavy atom.